The van der Waals surface area contributed by atoms with Crippen LogP contribution in [0.3, 0.4) is 0 Å². The van der Waals surface area contributed by atoms with Crippen LogP contribution < -0.4 is 5.32 Å². The predicted octanol–water partition coefficient (Wildman–Crippen LogP) is 3.40. The van der Waals surface area contributed by atoms with Crippen molar-refractivity contribution in [3.8, 4) is 0 Å². The molecule has 0 radical (unpaired) electrons. The highest BCUT2D eigenvalue weighted by Crippen LogP contribution is 2.42. The molecule has 0 saturated carbocycles. The molecule has 1 atom stereocenters. The highest BCUT2D eigenvalue weighted by atomic mass is 28.4. The third-order valence-electron chi connectivity index (χ3n) is 5.19. The number of ether oxygens (including phenoxy) is 1. The van der Waals surface area contributed by atoms with E-state index in [1.807, 2.05) is 7.11 Å². The minimum atomic E-state index is -2.28. The van der Waals surface area contributed by atoms with Crippen molar-refractivity contribution < 1.29 is 13.6 Å². The van der Waals surface area contributed by atoms with E-state index in [2.05, 4.69) is 35.6 Å². The first-order valence-electron chi connectivity index (χ1n) is 8.62. The predicted molar refractivity (Wildman–Crippen MR) is 95.6 cm³/mol. The highest BCUT2D eigenvalue weighted by molar-refractivity contribution is 6.70. The number of methoxy groups -OCH3 is 1. The molecule has 0 amide bonds. The zero-order chi connectivity index (χ0) is 16.6. The summed E-state index contributed by atoms with van der Waals surface area (Å²) in [6.07, 6.45) is 5.51. The largest absolute Gasteiger partial charge is 0.396 e. The van der Waals surface area contributed by atoms with Crippen LogP contribution in [0.1, 0.15) is 37.7 Å². The molecule has 130 valence electrons. The van der Waals surface area contributed by atoms with Gasteiger partial charge in [0.25, 0.3) is 0 Å². The fraction of sp³-hybridized carbons (Fsp3) is 0.667. The van der Waals surface area contributed by atoms with E-state index in [1.54, 1.807) is 14.2 Å². The van der Waals surface area contributed by atoms with Crippen LogP contribution in [0.2, 0.25) is 6.04 Å². The Bertz CT molecular complexity index is 453. The first-order valence-corrected chi connectivity index (χ1v) is 10.6. The van der Waals surface area contributed by atoms with E-state index in [1.165, 1.54) is 18.4 Å². The van der Waals surface area contributed by atoms with E-state index in [0.29, 0.717) is 0 Å². The molecule has 23 heavy (non-hydrogen) atoms. The maximum absolute atomic E-state index is 6.03. The average molecular weight is 338 g/mol. The van der Waals surface area contributed by atoms with Gasteiger partial charge in [-0.15, -0.1) is 0 Å². The van der Waals surface area contributed by atoms with Crippen molar-refractivity contribution in [1.82, 2.24) is 5.32 Å². The fourth-order valence-corrected chi connectivity index (χ4v) is 7.76. The molecule has 0 aromatic heterocycles. The van der Waals surface area contributed by atoms with Crippen LogP contribution in [0.5, 0.6) is 0 Å². The van der Waals surface area contributed by atoms with Crippen molar-refractivity contribution in [3.63, 3.8) is 0 Å². The Kier molecular flexibility index (Phi) is 7.24. The van der Waals surface area contributed by atoms with Crippen LogP contribution in [0.25, 0.3) is 0 Å². The van der Waals surface area contributed by atoms with E-state index >= 15 is 0 Å². The first kappa shape index (κ1) is 18.6. The molecule has 1 saturated heterocycles. The molecule has 1 heterocycles. The van der Waals surface area contributed by atoms with Crippen LogP contribution >= 0.6 is 0 Å². The van der Waals surface area contributed by atoms with E-state index < -0.39 is 8.56 Å². The summed E-state index contributed by atoms with van der Waals surface area (Å²) in [5, 5.41) is 3.32. The van der Waals surface area contributed by atoms with E-state index in [0.717, 1.165) is 38.4 Å². The smallest absolute Gasteiger partial charge is 0.370 e. The Hall–Kier alpha value is -0.723. The molecule has 1 fully saturated rings. The molecule has 1 aromatic rings. The molecular formula is C18H31NO3Si. The van der Waals surface area contributed by atoms with Crippen LogP contribution in [-0.2, 0) is 20.1 Å². The molecule has 1 aliphatic rings. The molecule has 0 bridgehead atoms. The zero-order valence-corrected chi connectivity index (χ0v) is 15.8. The van der Waals surface area contributed by atoms with Crippen LogP contribution in [0.15, 0.2) is 30.3 Å². The minimum Gasteiger partial charge on any atom is -0.396 e. The zero-order valence-electron chi connectivity index (χ0n) is 14.8. The summed E-state index contributed by atoms with van der Waals surface area (Å²) in [7, 11) is 3.13. The Morgan fingerprint density at radius 1 is 1.09 bits per heavy atom. The van der Waals surface area contributed by atoms with Gasteiger partial charge < -0.3 is 18.9 Å². The summed E-state index contributed by atoms with van der Waals surface area (Å²) >= 11 is 0. The monoisotopic (exact) mass is 337 g/mol. The lowest BCUT2D eigenvalue weighted by atomic mass is 10.1. The third-order valence-corrected chi connectivity index (χ3v) is 9.61. The Balaban J connectivity index is 1.85. The third kappa shape index (κ3) is 4.22. The van der Waals surface area contributed by atoms with E-state index in [-0.39, 0.29) is 5.22 Å². The summed E-state index contributed by atoms with van der Waals surface area (Å²) in [4.78, 5) is 0. The molecule has 5 heteroatoms. The summed E-state index contributed by atoms with van der Waals surface area (Å²) in [6.45, 7) is 1.90. The number of nitrogens with one attached hydrogen (secondary N) is 1. The number of hydrogen-bond acceptors (Lipinski definition) is 4. The molecule has 1 aromatic carbocycles. The lowest BCUT2D eigenvalue weighted by Gasteiger charge is -2.48. The van der Waals surface area contributed by atoms with Crippen molar-refractivity contribution >= 4 is 8.56 Å². The molecule has 0 spiro atoms. The van der Waals surface area contributed by atoms with Crippen LogP contribution in [0, 0.1) is 0 Å². The summed E-state index contributed by atoms with van der Waals surface area (Å²) in [5.41, 5.74) is 1.32. The normalized spacial score (nSPS) is 23.8. The average Bonchev–Trinajstić information content (AvgIpc) is 2.62. The van der Waals surface area contributed by atoms with Gasteiger partial charge in [0.2, 0.25) is 0 Å². The van der Waals surface area contributed by atoms with Gasteiger partial charge in [0.05, 0.1) is 0 Å². The van der Waals surface area contributed by atoms with Gasteiger partial charge in [-0.05, 0) is 37.4 Å². The molecule has 1 N–H and O–H groups in total. The van der Waals surface area contributed by atoms with Gasteiger partial charge >= 0.3 is 8.56 Å². The topological polar surface area (TPSA) is 39.7 Å². The van der Waals surface area contributed by atoms with Gasteiger partial charge in [-0.3, -0.25) is 0 Å². The number of rotatable bonds is 9. The summed E-state index contributed by atoms with van der Waals surface area (Å²) in [5.74, 6) is 0. The molecular weight excluding hydrogens is 306 g/mol. The van der Waals surface area contributed by atoms with Crippen molar-refractivity contribution in [2.24, 2.45) is 0 Å². The molecule has 1 unspecified atom stereocenters. The fourth-order valence-electron chi connectivity index (χ4n) is 3.85. The van der Waals surface area contributed by atoms with Gasteiger partial charge in [-0.2, -0.15) is 0 Å². The van der Waals surface area contributed by atoms with E-state index in [4.69, 9.17) is 13.6 Å². The first-order chi connectivity index (χ1) is 11.2. The second-order valence-corrected chi connectivity index (χ2v) is 10.1. The molecule has 1 aliphatic heterocycles. The lowest BCUT2D eigenvalue weighted by molar-refractivity contribution is -0.0156. The number of benzene rings is 1. The standard InChI is InChI=1S/C18H31NO3Si/c1-20-18(12-7-8-15-23(18,21-2)22-3)13-9-14-19-16-17-10-5-4-6-11-17/h4-6,10-11,19H,7-9,12-16H2,1-3H3. The maximum Gasteiger partial charge on any atom is 0.370 e. The van der Waals surface area contributed by atoms with Gasteiger partial charge in [0, 0.05) is 27.9 Å². The molecule has 2 rings (SSSR count). The van der Waals surface area contributed by atoms with Gasteiger partial charge in [-0.1, -0.05) is 43.2 Å². The Morgan fingerprint density at radius 2 is 1.83 bits per heavy atom. The van der Waals surface area contributed by atoms with Crippen LogP contribution in [0.4, 0.5) is 0 Å². The minimum absolute atomic E-state index is 0.205. The molecule has 0 aliphatic carbocycles. The van der Waals surface area contributed by atoms with Gasteiger partial charge in [0.15, 0.2) is 0 Å². The van der Waals surface area contributed by atoms with Crippen molar-refractivity contribution in [1.29, 1.82) is 0 Å². The van der Waals surface area contributed by atoms with Gasteiger partial charge in [-0.25, -0.2) is 0 Å². The quantitative estimate of drug-likeness (QED) is 0.554. The van der Waals surface area contributed by atoms with Crippen molar-refractivity contribution in [3.05, 3.63) is 35.9 Å². The second kappa shape index (κ2) is 8.94. The van der Waals surface area contributed by atoms with Crippen molar-refractivity contribution in [2.45, 2.75) is 49.9 Å². The SMILES string of the molecule is COC1(CCCNCc2ccccc2)CCCC[Si]1(OC)OC. The molecule has 4 nitrogen and oxygen atoms in total. The lowest BCUT2D eigenvalue weighted by Crippen LogP contribution is -2.64. The Labute approximate surface area is 141 Å². The van der Waals surface area contributed by atoms with E-state index in [9.17, 15) is 0 Å². The number of hydrogen-bond donors (Lipinski definition) is 1. The van der Waals surface area contributed by atoms with Crippen LogP contribution in [-0.4, -0.2) is 41.7 Å². The Morgan fingerprint density at radius 3 is 2.48 bits per heavy atom. The second-order valence-electron chi connectivity index (χ2n) is 6.33. The highest BCUT2D eigenvalue weighted by Gasteiger charge is 2.58. The van der Waals surface area contributed by atoms with Gasteiger partial charge in [0.1, 0.15) is 5.22 Å². The maximum atomic E-state index is 6.03. The summed E-state index contributed by atoms with van der Waals surface area (Å²) < 4.78 is 17.9. The summed E-state index contributed by atoms with van der Waals surface area (Å²) in [6, 6.07) is 11.5. The van der Waals surface area contributed by atoms with Crippen molar-refractivity contribution in [2.75, 3.05) is 27.9 Å².